The minimum Gasteiger partial charge on any atom is -0.339 e. The first-order valence-corrected chi connectivity index (χ1v) is 8.15. The van der Waals surface area contributed by atoms with Gasteiger partial charge in [-0.15, -0.1) is 0 Å². The van der Waals surface area contributed by atoms with E-state index in [1.165, 1.54) is 0 Å². The summed E-state index contributed by atoms with van der Waals surface area (Å²) in [5, 5.41) is 10.3. The second-order valence-corrected chi connectivity index (χ2v) is 5.67. The molecule has 2 N–H and O–H groups in total. The lowest BCUT2D eigenvalue weighted by Crippen LogP contribution is -2.17. The van der Waals surface area contributed by atoms with Crippen molar-refractivity contribution in [3.63, 3.8) is 0 Å². The van der Waals surface area contributed by atoms with Crippen LogP contribution in [0.3, 0.4) is 0 Å². The van der Waals surface area contributed by atoms with E-state index in [0.29, 0.717) is 17.2 Å². The molecule has 7 nitrogen and oxygen atoms in total. The number of benzene rings is 1. The van der Waals surface area contributed by atoms with E-state index in [1.54, 1.807) is 43.0 Å². The molecule has 1 aromatic carbocycles. The fraction of sp³-hybridized carbons (Fsp3) is 0.222. The molecule has 1 unspecified atom stereocenters. The van der Waals surface area contributed by atoms with Crippen LogP contribution in [0.2, 0.25) is 0 Å². The van der Waals surface area contributed by atoms with E-state index in [0.717, 1.165) is 12.1 Å². The first kappa shape index (κ1) is 16.6. The third-order valence-electron chi connectivity index (χ3n) is 3.88. The van der Waals surface area contributed by atoms with Crippen LogP contribution in [0.1, 0.15) is 36.7 Å². The molecular weight excluding hydrogens is 316 g/mol. The zero-order valence-electron chi connectivity index (χ0n) is 14.2. The third-order valence-corrected chi connectivity index (χ3v) is 3.88. The Balaban J connectivity index is 1.75. The van der Waals surface area contributed by atoms with Crippen LogP contribution < -0.4 is 10.6 Å². The number of nitrogens with zero attached hydrogens (tertiary/aromatic N) is 4. The van der Waals surface area contributed by atoms with E-state index in [-0.39, 0.29) is 11.9 Å². The Labute approximate surface area is 146 Å². The van der Waals surface area contributed by atoms with Crippen molar-refractivity contribution in [1.29, 1.82) is 0 Å². The van der Waals surface area contributed by atoms with Crippen molar-refractivity contribution in [3.8, 4) is 0 Å². The Kier molecular flexibility index (Phi) is 5.03. The van der Waals surface area contributed by atoms with Crippen LogP contribution in [-0.4, -0.2) is 25.7 Å². The summed E-state index contributed by atoms with van der Waals surface area (Å²) in [6.07, 6.45) is 7.46. The highest BCUT2D eigenvalue weighted by atomic mass is 16.1. The third kappa shape index (κ3) is 4.00. The molecule has 3 rings (SSSR count). The van der Waals surface area contributed by atoms with Gasteiger partial charge in [-0.3, -0.25) is 9.78 Å². The van der Waals surface area contributed by atoms with Gasteiger partial charge in [0.15, 0.2) is 0 Å². The molecule has 0 aliphatic carbocycles. The Bertz CT molecular complexity index is 846. The molecular formula is C18H20N6O. The van der Waals surface area contributed by atoms with E-state index in [2.05, 4.69) is 39.5 Å². The van der Waals surface area contributed by atoms with E-state index in [9.17, 15) is 4.79 Å². The molecule has 2 heterocycles. The molecule has 0 fully saturated rings. The highest BCUT2D eigenvalue weighted by Crippen LogP contribution is 2.19. The average Bonchev–Trinajstić information content (AvgIpc) is 3.10. The predicted octanol–water partition coefficient (Wildman–Crippen LogP) is 3.64. The molecule has 1 amide bonds. The Morgan fingerprint density at radius 3 is 2.88 bits per heavy atom. The van der Waals surface area contributed by atoms with Gasteiger partial charge in [0.2, 0.25) is 0 Å². The molecule has 0 aliphatic heterocycles. The van der Waals surface area contributed by atoms with Crippen LogP contribution in [0.4, 0.5) is 17.3 Å². The van der Waals surface area contributed by atoms with E-state index in [4.69, 9.17) is 0 Å². The molecule has 0 radical (unpaired) electrons. The summed E-state index contributed by atoms with van der Waals surface area (Å²) < 4.78 is 1.82. The first-order valence-electron chi connectivity index (χ1n) is 8.15. The summed E-state index contributed by atoms with van der Waals surface area (Å²) in [7, 11) is 0. The molecule has 2 aromatic heterocycles. The van der Waals surface area contributed by atoms with Gasteiger partial charge in [0.05, 0.1) is 18.4 Å². The van der Waals surface area contributed by atoms with Crippen molar-refractivity contribution in [2.75, 3.05) is 10.6 Å². The molecule has 0 saturated heterocycles. The summed E-state index contributed by atoms with van der Waals surface area (Å²) in [5.74, 6) is 1.12. The quantitative estimate of drug-likeness (QED) is 0.718. The number of rotatable bonds is 6. The summed E-state index contributed by atoms with van der Waals surface area (Å²) in [4.78, 5) is 20.7. The van der Waals surface area contributed by atoms with Crippen LogP contribution in [0.15, 0.2) is 55.1 Å². The molecule has 0 aliphatic rings. The van der Waals surface area contributed by atoms with Crippen LogP contribution in [0.5, 0.6) is 0 Å². The molecule has 0 bridgehead atoms. The SMILES string of the molecule is CCC(C)n1nccc1NC(=O)c1cccc(Nc2cnccn2)c1. The summed E-state index contributed by atoms with van der Waals surface area (Å²) in [6.45, 7) is 4.15. The number of hydrogen-bond acceptors (Lipinski definition) is 5. The maximum Gasteiger partial charge on any atom is 0.256 e. The minimum absolute atomic E-state index is 0.187. The van der Waals surface area contributed by atoms with Crippen molar-refractivity contribution in [2.24, 2.45) is 0 Å². The predicted molar refractivity (Wildman–Crippen MR) is 96.9 cm³/mol. The molecule has 3 aromatic rings. The maximum atomic E-state index is 12.6. The van der Waals surface area contributed by atoms with Crippen LogP contribution >= 0.6 is 0 Å². The van der Waals surface area contributed by atoms with Gasteiger partial charge in [-0.1, -0.05) is 13.0 Å². The van der Waals surface area contributed by atoms with Crippen molar-refractivity contribution in [3.05, 3.63) is 60.7 Å². The molecule has 25 heavy (non-hydrogen) atoms. The minimum atomic E-state index is -0.187. The van der Waals surface area contributed by atoms with Gasteiger partial charge >= 0.3 is 0 Å². The number of carbonyl (C=O) groups is 1. The van der Waals surface area contributed by atoms with Gasteiger partial charge in [0, 0.05) is 29.7 Å². The number of nitrogens with one attached hydrogen (secondary N) is 2. The summed E-state index contributed by atoms with van der Waals surface area (Å²) in [6, 6.07) is 9.24. The lowest BCUT2D eigenvalue weighted by atomic mass is 10.2. The normalized spacial score (nSPS) is 11.8. The fourth-order valence-electron chi connectivity index (χ4n) is 2.38. The highest BCUT2D eigenvalue weighted by molar-refractivity contribution is 6.04. The van der Waals surface area contributed by atoms with Gasteiger partial charge in [0.1, 0.15) is 11.6 Å². The second-order valence-electron chi connectivity index (χ2n) is 5.67. The highest BCUT2D eigenvalue weighted by Gasteiger charge is 2.13. The zero-order chi connectivity index (χ0) is 17.6. The maximum absolute atomic E-state index is 12.6. The Morgan fingerprint density at radius 1 is 1.24 bits per heavy atom. The van der Waals surface area contributed by atoms with Crippen molar-refractivity contribution in [2.45, 2.75) is 26.3 Å². The largest absolute Gasteiger partial charge is 0.339 e. The van der Waals surface area contributed by atoms with Gasteiger partial charge in [-0.2, -0.15) is 5.10 Å². The standard InChI is InChI=1S/C18H20N6O/c1-3-13(2)24-17(7-8-21-24)23-18(25)14-5-4-6-15(11-14)22-16-12-19-9-10-20-16/h4-13H,3H2,1-2H3,(H,20,22)(H,23,25). The van der Waals surface area contributed by atoms with E-state index in [1.807, 2.05) is 16.8 Å². The fourth-order valence-corrected chi connectivity index (χ4v) is 2.38. The molecule has 128 valence electrons. The van der Waals surface area contributed by atoms with Crippen molar-refractivity contribution >= 4 is 23.2 Å². The van der Waals surface area contributed by atoms with Crippen molar-refractivity contribution in [1.82, 2.24) is 19.7 Å². The van der Waals surface area contributed by atoms with Gasteiger partial charge in [-0.05, 0) is 31.5 Å². The Hall–Kier alpha value is -3.22. The smallest absolute Gasteiger partial charge is 0.256 e. The second kappa shape index (κ2) is 7.57. The molecule has 7 heteroatoms. The average molecular weight is 336 g/mol. The van der Waals surface area contributed by atoms with Gasteiger partial charge < -0.3 is 10.6 Å². The zero-order valence-corrected chi connectivity index (χ0v) is 14.2. The van der Waals surface area contributed by atoms with E-state index >= 15 is 0 Å². The lowest BCUT2D eigenvalue weighted by molar-refractivity contribution is 0.102. The Morgan fingerprint density at radius 2 is 2.12 bits per heavy atom. The number of aromatic nitrogens is 4. The van der Waals surface area contributed by atoms with Gasteiger partial charge in [0.25, 0.3) is 5.91 Å². The van der Waals surface area contributed by atoms with Crippen molar-refractivity contribution < 1.29 is 4.79 Å². The number of anilines is 3. The molecule has 0 saturated carbocycles. The first-order chi connectivity index (χ1) is 12.2. The van der Waals surface area contributed by atoms with Crippen LogP contribution in [0, 0.1) is 0 Å². The van der Waals surface area contributed by atoms with Crippen LogP contribution in [0.25, 0.3) is 0 Å². The van der Waals surface area contributed by atoms with Gasteiger partial charge in [-0.25, -0.2) is 9.67 Å². The number of amides is 1. The van der Waals surface area contributed by atoms with Crippen LogP contribution in [-0.2, 0) is 0 Å². The summed E-state index contributed by atoms with van der Waals surface area (Å²) in [5.41, 5.74) is 1.31. The number of carbonyl (C=O) groups excluding carboxylic acids is 1. The topological polar surface area (TPSA) is 84.7 Å². The summed E-state index contributed by atoms with van der Waals surface area (Å²) >= 11 is 0. The molecule has 0 spiro atoms. The number of hydrogen-bond donors (Lipinski definition) is 2. The lowest BCUT2D eigenvalue weighted by Gasteiger charge is -2.14. The molecule has 1 atom stereocenters. The monoisotopic (exact) mass is 336 g/mol. The van der Waals surface area contributed by atoms with E-state index < -0.39 is 0 Å².